The van der Waals surface area contributed by atoms with E-state index in [9.17, 15) is 9.59 Å². The lowest BCUT2D eigenvalue weighted by molar-refractivity contribution is -0.132. The molecular weight excluding hydrogens is 346 g/mol. The van der Waals surface area contributed by atoms with Crippen molar-refractivity contribution in [3.8, 4) is 0 Å². The number of likely N-dealkylation sites (N-methyl/N-ethyl adjacent to an activating group) is 1. The number of aromatic amines is 1. The number of nitrogens with zero attached hydrogens (tertiary/aromatic N) is 2. The summed E-state index contributed by atoms with van der Waals surface area (Å²) in [6.45, 7) is 4.30. The second kappa shape index (κ2) is 8.79. The summed E-state index contributed by atoms with van der Waals surface area (Å²) in [6, 6.07) is 7.15. The summed E-state index contributed by atoms with van der Waals surface area (Å²) >= 11 is 0. The van der Waals surface area contributed by atoms with Gasteiger partial charge in [0.1, 0.15) is 6.10 Å². The average Bonchev–Trinajstić information content (AvgIpc) is 3.17. The van der Waals surface area contributed by atoms with Crippen LogP contribution in [0.2, 0.25) is 0 Å². The summed E-state index contributed by atoms with van der Waals surface area (Å²) in [7, 11) is 1.96. The maximum atomic E-state index is 12.5. The van der Waals surface area contributed by atoms with Gasteiger partial charge in [-0.1, -0.05) is 6.07 Å². The molecule has 1 aromatic carbocycles. The molecule has 144 valence electrons. The van der Waals surface area contributed by atoms with Crippen LogP contribution >= 0.6 is 0 Å². The first-order valence-electron chi connectivity index (χ1n) is 9.01. The van der Waals surface area contributed by atoms with E-state index in [1.165, 1.54) is 0 Å². The van der Waals surface area contributed by atoms with Crippen LogP contribution in [0.1, 0.15) is 21.6 Å². The minimum atomic E-state index is -0.505. The van der Waals surface area contributed by atoms with Crippen LogP contribution in [0.25, 0.3) is 0 Å². The number of aromatic nitrogens is 2. The van der Waals surface area contributed by atoms with Crippen LogP contribution in [0.4, 0.5) is 5.69 Å². The van der Waals surface area contributed by atoms with E-state index in [1.807, 2.05) is 26.1 Å². The van der Waals surface area contributed by atoms with E-state index in [1.54, 1.807) is 18.3 Å². The molecule has 0 saturated carbocycles. The summed E-state index contributed by atoms with van der Waals surface area (Å²) in [5.74, 6) is -0.375. The zero-order valence-corrected chi connectivity index (χ0v) is 15.6. The number of hydrogen-bond acceptors (Lipinski definition) is 5. The molecule has 0 bridgehead atoms. The highest BCUT2D eigenvalue weighted by atomic mass is 16.5. The Morgan fingerprint density at radius 3 is 2.96 bits per heavy atom. The summed E-state index contributed by atoms with van der Waals surface area (Å²) < 4.78 is 5.55. The third kappa shape index (κ3) is 5.15. The molecular formula is C19H25N5O3. The highest BCUT2D eigenvalue weighted by Gasteiger charge is 2.25. The number of ether oxygens (including phenoxy) is 1. The van der Waals surface area contributed by atoms with Crippen molar-refractivity contribution >= 4 is 17.5 Å². The number of hydrogen-bond donors (Lipinski definition) is 3. The van der Waals surface area contributed by atoms with Gasteiger partial charge in [0.25, 0.3) is 11.8 Å². The number of morpholine rings is 1. The molecule has 1 fully saturated rings. The van der Waals surface area contributed by atoms with Gasteiger partial charge in [-0.3, -0.25) is 14.7 Å². The first-order valence-corrected chi connectivity index (χ1v) is 9.01. The number of aryl methyl sites for hydroxylation is 1. The molecule has 0 radical (unpaired) electrons. The lowest BCUT2D eigenvalue weighted by Crippen LogP contribution is -2.46. The van der Waals surface area contributed by atoms with Crippen molar-refractivity contribution in [1.29, 1.82) is 0 Å². The van der Waals surface area contributed by atoms with Gasteiger partial charge in [-0.25, -0.2) is 0 Å². The first kappa shape index (κ1) is 19.1. The van der Waals surface area contributed by atoms with Crippen LogP contribution in [0.5, 0.6) is 0 Å². The van der Waals surface area contributed by atoms with Crippen molar-refractivity contribution in [2.75, 3.05) is 38.6 Å². The SMILES string of the molecule is Cc1ccc(C(=O)NCCc2ccn[nH]2)cc1NC(=O)C1CN(C)CCO1. The number of amides is 2. The Morgan fingerprint density at radius 2 is 2.22 bits per heavy atom. The van der Waals surface area contributed by atoms with E-state index in [0.29, 0.717) is 37.4 Å². The van der Waals surface area contributed by atoms with Crippen molar-refractivity contribution < 1.29 is 14.3 Å². The predicted molar refractivity (Wildman–Crippen MR) is 102 cm³/mol. The lowest BCUT2D eigenvalue weighted by Gasteiger charge is -2.29. The van der Waals surface area contributed by atoms with Crippen LogP contribution < -0.4 is 10.6 Å². The molecule has 1 aliphatic rings. The number of nitrogens with one attached hydrogen (secondary N) is 3. The third-order valence-electron chi connectivity index (χ3n) is 4.56. The molecule has 1 aromatic heterocycles. The molecule has 3 N–H and O–H groups in total. The van der Waals surface area contributed by atoms with E-state index in [-0.39, 0.29) is 11.8 Å². The van der Waals surface area contributed by atoms with Crippen molar-refractivity contribution in [1.82, 2.24) is 20.4 Å². The fourth-order valence-electron chi connectivity index (χ4n) is 2.88. The van der Waals surface area contributed by atoms with Crippen molar-refractivity contribution in [3.63, 3.8) is 0 Å². The summed E-state index contributed by atoms with van der Waals surface area (Å²) in [4.78, 5) is 26.9. The van der Waals surface area contributed by atoms with Gasteiger partial charge < -0.3 is 20.3 Å². The highest BCUT2D eigenvalue weighted by Crippen LogP contribution is 2.18. The van der Waals surface area contributed by atoms with Gasteiger partial charge in [-0.2, -0.15) is 5.10 Å². The molecule has 0 aliphatic carbocycles. The molecule has 2 heterocycles. The molecule has 0 spiro atoms. The smallest absolute Gasteiger partial charge is 0.254 e. The Hall–Kier alpha value is -2.71. The van der Waals surface area contributed by atoms with Gasteiger partial charge in [0.2, 0.25) is 0 Å². The largest absolute Gasteiger partial charge is 0.366 e. The van der Waals surface area contributed by atoms with Gasteiger partial charge in [-0.05, 0) is 37.7 Å². The molecule has 27 heavy (non-hydrogen) atoms. The molecule has 8 nitrogen and oxygen atoms in total. The molecule has 2 aromatic rings. The Labute approximate surface area is 158 Å². The third-order valence-corrected chi connectivity index (χ3v) is 4.56. The lowest BCUT2D eigenvalue weighted by atomic mass is 10.1. The van der Waals surface area contributed by atoms with E-state index >= 15 is 0 Å². The molecule has 1 aliphatic heterocycles. The second-order valence-electron chi connectivity index (χ2n) is 6.73. The van der Waals surface area contributed by atoms with Crippen molar-refractivity contribution in [3.05, 3.63) is 47.3 Å². The quantitative estimate of drug-likeness (QED) is 0.702. The van der Waals surface area contributed by atoms with Crippen LogP contribution in [0.15, 0.2) is 30.5 Å². The van der Waals surface area contributed by atoms with Crippen molar-refractivity contribution in [2.45, 2.75) is 19.4 Å². The zero-order valence-electron chi connectivity index (χ0n) is 15.6. The zero-order chi connectivity index (χ0) is 19.2. The van der Waals surface area contributed by atoms with Crippen LogP contribution in [-0.2, 0) is 16.0 Å². The summed E-state index contributed by atoms with van der Waals surface area (Å²) in [6.07, 6.45) is 1.85. The maximum Gasteiger partial charge on any atom is 0.254 e. The van der Waals surface area contributed by atoms with E-state index in [2.05, 4.69) is 25.7 Å². The monoisotopic (exact) mass is 371 g/mol. The van der Waals surface area contributed by atoms with Crippen molar-refractivity contribution in [2.24, 2.45) is 0 Å². The molecule has 8 heteroatoms. The Kier molecular flexibility index (Phi) is 6.20. The second-order valence-corrected chi connectivity index (χ2v) is 6.73. The fourth-order valence-corrected chi connectivity index (χ4v) is 2.88. The standard InChI is InChI=1S/C19H25N5O3/c1-13-3-4-14(18(25)20-7-5-15-6-8-21-23-15)11-16(13)22-19(26)17-12-24(2)9-10-27-17/h3-4,6,8,11,17H,5,7,9-10,12H2,1-2H3,(H,20,25)(H,21,23)(H,22,26). The molecule has 1 unspecified atom stereocenters. The first-order chi connectivity index (χ1) is 13.0. The minimum Gasteiger partial charge on any atom is -0.366 e. The Balaban J connectivity index is 1.59. The van der Waals surface area contributed by atoms with Gasteiger partial charge in [0.05, 0.1) is 6.61 Å². The minimum absolute atomic E-state index is 0.182. The number of carbonyl (C=O) groups is 2. The summed E-state index contributed by atoms with van der Waals surface area (Å²) in [5.41, 5.74) is 2.98. The number of anilines is 1. The van der Waals surface area contributed by atoms with E-state index in [0.717, 1.165) is 17.8 Å². The number of benzene rings is 1. The van der Waals surface area contributed by atoms with E-state index < -0.39 is 6.10 Å². The average molecular weight is 371 g/mol. The van der Waals surface area contributed by atoms with E-state index in [4.69, 9.17) is 4.74 Å². The number of H-pyrrole nitrogens is 1. The van der Waals surface area contributed by atoms with Crippen LogP contribution in [0, 0.1) is 6.92 Å². The molecule has 1 saturated heterocycles. The van der Waals surface area contributed by atoms with Gasteiger partial charge in [0, 0.05) is 49.2 Å². The maximum absolute atomic E-state index is 12.5. The van der Waals surface area contributed by atoms with Crippen LogP contribution in [0.3, 0.4) is 0 Å². The predicted octanol–water partition coefficient (Wildman–Crippen LogP) is 0.960. The molecule has 3 rings (SSSR count). The summed E-state index contributed by atoms with van der Waals surface area (Å²) in [5, 5.41) is 12.5. The fraction of sp³-hybridized carbons (Fsp3) is 0.421. The number of carbonyl (C=O) groups excluding carboxylic acids is 2. The number of rotatable bonds is 6. The van der Waals surface area contributed by atoms with Gasteiger partial charge in [0.15, 0.2) is 0 Å². The topological polar surface area (TPSA) is 99.3 Å². The van der Waals surface area contributed by atoms with Crippen LogP contribution in [-0.4, -0.2) is 66.3 Å². The Bertz CT molecular complexity index is 791. The molecule has 2 amide bonds. The van der Waals surface area contributed by atoms with Gasteiger partial charge in [-0.15, -0.1) is 0 Å². The highest BCUT2D eigenvalue weighted by molar-refractivity contribution is 5.99. The normalized spacial score (nSPS) is 17.5. The molecule has 1 atom stereocenters. The van der Waals surface area contributed by atoms with Gasteiger partial charge >= 0.3 is 0 Å². The Morgan fingerprint density at radius 1 is 1.37 bits per heavy atom.